The first-order valence-corrected chi connectivity index (χ1v) is 11.2. The molecule has 1 heterocycles. The van der Waals surface area contributed by atoms with Gasteiger partial charge in [0.1, 0.15) is 6.61 Å². The zero-order valence-electron chi connectivity index (χ0n) is 13.5. The van der Waals surface area contributed by atoms with Crippen molar-refractivity contribution in [3.63, 3.8) is 0 Å². The van der Waals surface area contributed by atoms with Crippen molar-refractivity contribution in [1.82, 2.24) is 9.62 Å². The Hall–Kier alpha value is -0.870. The molecule has 1 aromatic rings. The van der Waals surface area contributed by atoms with Crippen LogP contribution in [0.2, 0.25) is 0 Å². The third-order valence-electron chi connectivity index (χ3n) is 3.92. The Morgan fingerprint density at radius 3 is 2.54 bits per heavy atom. The first-order chi connectivity index (χ1) is 11.5. The Labute approximate surface area is 157 Å². The summed E-state index contributed by atoms with van der Waals surface area (Å²) in [5.41, 5.74) is 0.934. The van der Waals surface area contributed by atoms with Crippen molar-refractivity contribution < 1.29 is 17.9 Å². The molecule has 1 amide bonds. The normalized spacial score (nSPS) is 16.7. The van der Waals surface area contributed by atoms with Crippen LogP contribution < -0.4 is 5.32 Å². The lowest BCUT2D eigenvalue weighted by Crippen LogP contribution is -2.47. The first-order valence-electron chi connectivity index (χ1n) is 8.02. The molecule has 0 aliphatic carbocycles. The van der Waals surface area contributed by atoms with Gasteiger partial charge in [0, 0.05) is 23.6 Å². The minimum absolute atomic E-state index is 0.0377. The number of benzene rings is 1. The summed E-state index contributed by atoms with van der Waals surface area (Å²) in [4.78, 5) is 11.8. The Morgan fingerprint density at radius 2 is 1.92 bits per heavy atom. The van der Waals surface area contributed by atoms with E-state index in [-0.39, 0.29) is 18.4 Å². The van der Waals surface area contributed by atoms with Gasteiger partial charge < -0.3 is 10.1 Å². The number of ether oxygens (including phenoxy) is 1. The molecular formula is C16H23IN2O4S. The summed E-state index contributed by atoms with van der Waals surface area (Å²) in [5.74, 6) is 0.202. The van der Waals surface area contributed by atoms with Crippen LogP contribution in [0.15, 0.2) is 30.3 Å². The van der Waals surface area contributed by atoms with E-state index in [0.717, 1.165) is 9.99 Å². The number of hydrogen-bond acceptors (Lipinski definition) is 4. The van der Waals surface area contributed by atoms with E-state index in [2.05, 4.69) is 27.9 Å². The standard InChI is InChI=1S/C16H23IN2O4S/c17-9-4-12-24(21,22)19-10-7-15(8-11-19)18-16(20)23-13-14-5-2-1-3-6-14/h1-3,5-6,15H,4,7-13H2,(H,18,20). The van der Waals surface area contributed by atoms with Crippen LogP contribution in [0, 0.1) is 0 Å². The number of alkyl halides is 1. The monoisotopic (exact) mass is 466 g/mol. The van der Waals surface area contributed by atoms with Crippen molar-refractivity contribution in [2.24, 2.45) is 0 Å². The average molecular weight is 466 g/mol. The fourth-order valence-electron chi connectivity index (χ4n) is 2.58. The van der Waals surface area contributed by atoms with Gasteiger partial charge in [0.25, 0.3) is 0 Å². The number of rotatable bonds is 7. The quantitative estimate of drug-likeness (QED) is 0.495. The molecule has 1 aliphatic rings. The summed E-state index contributed by atoms with van der Waals surface area (Å²) in [6.07, 6.45) is 1.45. The minimum Gasteiger partial charge on any atom is -0.445 e. The van der Waals surface area contributed by atoms with E-state index >= 15 is 0 Å². The maximum Gasteiger partial charge on any atom is 0.407 e. The van der Waals surface area contributed by atoms with Crippen LogP contribution in [0.5, 0.6) is 0 Å². The van der Waals surface area contributed by atoms with E-state index in [1.54, 1.807) is 0 Å². The van der Waals surface area contributed by atoms with Crippen molar-refractivity contribution in [2.45, 2.75) is 31.9 Å². The van der Waals surface area contributed by atoms with Crippen LogP contribution >= 0.6 is 22.6 Å². The van der Waals surface area contributed by atoms with Crippen molar-refractivity contribution in [3.05, 3.63) is 35.9 Å². The number of carbonyl (C=O) groups is 1. The molecule has 1 aliphatic heterocycles. The largest absolute Gasteiger partial charge is 0.445 e. The lowest BCUT2D eigenvalue weighted by atomic mass is 10.1. The molecule has 1 aromatic carbocycles. The van der Waals surface area contributed by atoms with Crippen LogP contribution in [0.1, 0.15) is 24.8 Å². The van der Waals surface area contributed by atoms with Gasteiger partial charge in [0.05, 0.1) is 5.75 Å². The SMILES string of the molecule is O=C(NC1CCN(S(=O)(=O)CCCI)CC1)OCc1ccccc1. The highest BCUT2D eigenvalue weighted by Gasteiger charge is 2.28. The second-order valence-corrected chi connectivity index (χ2v) is 8.91. The Kier molecular flexibility index (Phi) is 7.76. The number of nitrogens with zero attached hydrogens (tertiary/aromatic N) is 1. The molecule has 0 aromatic heterocycles. The highest BCUT2D eigenvalue weighted by molar-refractivity contribution is 14.1. The van der Waals surface area contributed by atoms with Gasteiger partial charge in [-0.3, -0.25) is 0 Å². The van der Waals surface area contributed by atoms with Gasteiger partial charge in [-0.15, -0.1) is 0 Å². The van der Waals surface area contributed by atoms with E-state index < -0.39 is 16.1 Å². The zero-order valence-corrected chi connectivity index (χ0v) is 16.5. The number of alkyl carbamates (subject to hydrolysis) is 1. The van der Waals surface area contributed by atoms with Gasteiger partial charge in [-0.1, -0.05) is 52.9 Å². The fraction of sp³-hybridized carbons (Fsp3) is 0.562. The number of carbonyl (C=O) groups excluding carboxylic acids is 1. The van der Waals surface area contributed by atoms with Crippen molar-refractivity contribution in [3.8, 4) is 0 Å². The average Bonchev–Trinajstić information content (AvgIpc) is 2.60. The van der Waals surface area contributed by atoms with E-state index in [9.17, 15) is 13.2 Å². The summed E-state index contributed by atoms with van der Waals surface area (Å²) in [6, 6.07) is 9.45. The summed E-state index contributed by atoms with van der Waals surface area (Å²) in [5, 5.41) is 2.82. The molecule has 0 radical (unpaired) electrons. The molecule has 0 unspecified atom stereocenters. The van der Waals surface area contributed by atoms with E-state index in [1.807, 2.05) is 30.3 Å². The number of nitrogens with one attached hydrogen (secondary N) is 1. The van der Waals surface area contributed by atoms with Crippen LogP contribution in [-0.4, -0.2) is 48.1 Å². The third kappa shape index (κ3) is 6.21. The Balaban J connectivity index is 1.71. The first kappa shape index (κ1) is 19.5. The van der Waals surface area contributed by atoms with Crippen LogP contribution in [-0.2, 0) is 21.4 Å². The highest BCUT2D eigenvalue weighted by Crippen LogP contribution is 2.15. The molecule has 8 heteroatoms. The summed E-state index contributed by atoms with van der Waals surface area (Å²) >= 11 is 2.18. The topological polar surface area (TPSA) is 75.7 Å². The maximum absolute atomic E-state index is 12.1. The van der Waals surface area contributed by atoms with Gasteiger partial charge in [0.2, 0.25) is 10.0 Å². The molecule has 0 bridgehead atoms. The van der Waals surface area contributed by atoms with Crippen LogP contribution in [0.4, 0.5) is 4.79 Å². The van der Waals surface area contributed by atoms with Crippen molar-refractivity contribution in [2.75, 3.05) is 23.3 Å². The van der Waals surface area contributed by atoms with Crippen molar-refractivity contribution in [1.29, 1.82) is 0 Å². The number of sulfonamides is 1. The molecule has 24 heavy (non-hydrogen) atoms. The fourth-order valence-corrected chi connectivity index (χ4v) is 5.01. The highest BCUT2D eigenvalue weighted by atomic mass is 127. The Bertz CT molecular complexity index is 616. The molecule has 1 N–H and O–H groups in total. The predicted octanol–water partition coefficient (Wildman–Crippen LogP) is 2.53. The van der Waals surface area contributed by atoms with E-state index in [1.165, 1.54) is 4.31 Å². The van der Waals surface area contributed by atoms with Crippen LogP contribution in [0.3, 0.4) is 0 Å². The van der Waals surface area contributed by atoms with Gasteiger partial charge in [-0.25, -0.2) is 17.5 Å². The van der Waals surface area contributed by atoms with E-state index in [0.29, 0.717) is 32.4 Å². The van der Waals surface area contributed by atoms with Gasteiger partial charge in [-0.05, 0) is 24.8 Å². The van der Waals surface area contributed by atoms with Gasteiger partial charge >= 0.3 is 6.09 Å². The molecular weight excluding hydrogens is 443 g/mol. The number of piperidine rings is 1. The molecule has 2 rings (SSSR count). The number of amides is 1. The molecule has 0 atom stereocenters. The van der Waals surface area contributed by atoms with Crippen molar-refractivity contribution >= 4 is 38.7 Å². The molecule has 134 valence electrons. The van der Waals surface area contributed by atoms with Gasteiger partial charge in [0.15, 0.2) is 0 Å². The zero-order chi connectivity index (χ0) is 17.4. The molecule has 1 fully saturated rings. The molecule has 0 saturated carbocycles. The second-order valence-electron chi connectivity index (χ2n) is 5.74. The minimum atomic E-state index is -3.16. The molecule has 1 saturated heterocycles. The predicted molar refractivity (Wildman–Crippen MR) is 102 cm³/mol. The van der Waals surface area contributed by atoms with Crippen LogP contribution in [0.25, 0.3) is 0 Å². The number of halogens is 1. The molecule has 0 spiro atoms. The second kappa shape index (κ2) is 9.57. The summed E-state index contributed by atoms with van der Waals surface area (Å²) < 4.78 is 31.9. The third-order valence-corrected chi connectivity index (χ3v) is 6.64. The summed E-state index contributed by atoms with van der Waals surface area (Å²) in [6.45, 7) is 1.14. The van der Waals surface area contributed by atoms with E-state index in [4.69, 9.17) is 4.74 Å². The Morgan fingerprint density at radius 1 is 1.25 bits per heavy atom. The number of hydrogen-bond donors (Lipinski definition) is 1. The lowest BCUT2D eigenvalue weighted by Gasteiger charge is -2.31. The molecule has 6 nitrogen and oxygen atoms in total. The maximum atomic E-state index is 12.1. The van der Waals surface area contributed by atoms with Gasteiger partial charge in [-0.2, -0.15) is 0 Å². The summed E-state index contributed by atoms with van der Waals surface area (Å²) in [7, 11) is -3.16. The lowest BCUT2D eigenvalue weighted by molar-refractivity contribution is 0.131. The smallest absolute Gasteiger partial charge is 0.407 e.